The van der Waals surface area contributed by atoms with Crippen LogP contribution in [0.1, 0.15) is 24.8 Å². The third-order valence-electron chi connectivity index (χ3n) is 3.07. The number of hydrogen-bond donors (Lipinski definition) is 1. The zero-order valence-electron chi connectivity index (χ0n) is 8.97. The van der Waals surface area contributed by atoms with Gasteiger partial charge in [0, 0.05) is 5.92 Å². The van der Waals surface area contributed by atoms with E-state index in [1.807, 2.05) is 18.2 Å². The number of aliphatic hydroxyl groups is 1. The molecule has 0 radical (unpaired) electrons. The topological polar surface area (TPSA) is 20.2 Å². The molecule has 0 heterocycles. The zero-order valence-corrected chi connectivity index (χ0v) is 8.97. The van der Waals surface area contributed by atoms with Crippen LogP contribution in [0.2, 0.25) is 0 Å². The summed E-state index contributed by atoms with van der Waals surface area (Å²) in [5.41, 5.74) is 1.23. The Bertz CT molecular complexity index is 315. The average molecular weight is 202 g/mol. The molecule has 1 nitrogen and oxygen atoms in total. The van der Waals surface area contributed by atoms with E-state index in [-0.39, 0.29) is 6.10 Å². The Hall–Kier alpha value is -1.08. The van der Waals surface area contributed by atoms with Crippen molar-refractivity contribution in [2.24, 2.45) is 5.92 Å². The number of allylic oxidation sites excluding steroid dienone is 1. The molecule has 1 aromatic carbocycles. The van der Waals surface area contributed by atoms with Crippen molar-refractivity contribution in [1.82, 2.24) is 0 Å². The second-order valence-electron chi connectivity index (χ2n) is 4.28. The summed E-state index contributed by atoms with van der Waals surface area (Å²) in [7, 11) is 0. The van der Waals surface area contributed by atoms with Gasteiger partial charge in [0.1, 0.15) is 0 Å². The van der Waals surface area contributed by atoms with Crippen molar-refractivity contribution < 1.29 is 5.11 Å². The van der Waals surface area contributed by atoms with Gasteiger partial charge in [0.15, 0.2) is 0 Å². The quantitative estimate of drug-likeness (QED) is 0.747. The molecule has 2 rings (SSSR count). The van der Waals surface area contributed by atoms with E-state index in [1.165, 1.54) is 18.4 Å². The molecule has 0 saturated heterocycles. The van der Waals surface area contributed by atoms with Crippen LogP contribution in [-0.2, 0) is 6.42 Å². The SMILES string of the molecule is O[C@@H](Cc1ccccc1)C1C=CCCC1. The van der Waals surface area contributed by atoms with Crippen molar-refractivity contribution in [2.75, 3.05) is 0 Å². The fraction of sp³-hybridized carbons (Fsp3) is 0.429. The standard InChI is InChI=1S/C14H18O/c15-14(13-9-5-2-6-10-13)11-12-7-3-1-4-8-12/h1,3-5,7-9,13-15H,2,6,10-11H2/t13?,14-/m0/s1. The molecule has 0 aromatic heterocycles. The van der Waals surface area contributed by atoms with Crippen LogP contribution in [0.15, 0.2) is 42.5 Å². The van der Waals surface area contributed by atoms with Crippen molar-refractivity contribution >= 4 is 0 Å². The number of rotatable bonds is 3. The van der Waals surface area contributed by atoms with Crippen LogP contribution in [0, 0.1) is 5.92 Å². The molecule has 1 aliphatic rings. The summed E-state index contributed by atoms with van der Waals surface area (Å²) >= 11 is 0. The van der Waals surface area contributed by atoms with Crippen molar-refractivity contribution in [1.29, 1.82) is 0 Å². The average Bonchev–Trinajstić information content (AvgIpc) is 2.31. The van der Waals surface area contributed by atoms with Crippen LogP contribution in [0.5, 0.6) is 0 Å². The van der Waals surface area contributed by atoms with E-state index in [0.717, 1.165) is 12.8 Å². The zero-order chi connectivity index (χ0) is 10.5. The molecule has 0 amide bonds. The minimum absolute atomic E-state index is 0.219. The Kier molecular flexibility index (Phi) is 3.57. The maximum atomic E-state index is 10.1. The molecule has 80 valence electrons. The highest BCUT2D eigenvalue weighted by Crippen LogP contribution is 2.22. The highest BCUT2D eigenvalue weighted by atomic mass is 16.3. The van der Waals surface area contributed by atoms with Gasteiger partial charge in [0.05, 0.1) is 6.10 Å². The predicted octanol–water partition coefficient (Wildman–Crippen LogP) is 2.95. The van der Waals surface area contributed by atoms with Crippen molar-refractivity contribution in [3.63, 3.8) is 0 Å². The van der Waals surface area contributed by atoms with Crippen LogP contribution in [0.4, 0.5) is 0 Å². The van der Waals surface area contributed by atoms with Gasteiger partial charge in [-0.2, -0.15) is 0 Å². The van der Waals surface area contributed by atoms with Gasteiger partial charge < -0.3 is 5.11 Å². The minimum atomic E-state index is -0.219. The first-order valence-corrected chi connectivity index (χ1v) is 5.75. The molecule has 1 heteroatoms. The van der Waals surface area contributed by atoms with E-state index in [4.69, 9.17) is 0 Å². The monoisotopic (exact) mass is 202 g/mol. The number of hydrogen-bond acceptors (Lipinski definition) is 1. The van der Waals surface area contributed by atoms with Gasteiger partial charge in [-0.15, -0.1) is 0 Å². The van der Waals surface area contributed by atoms with Crippen LogP contribution < -0.4 is 0 Å². The summed E-state index contributed by atoms with van der Waals surface area (Å²) in [5.74, 6) is 0.360. The summed E-state index contributed by atoms with van der Waals surface area (Å²) in [5, 5.41) is 10.1. The largest absolute Gasteiger partial charge is 0.392 e. The number of benzene rings is 1. The van der Waals surface area contributed by atoms with Gasteiger partial charge in [-0.3, -0.25) is 0 Å². The Morgan fingerprint density at radius 3 is 2.73 bits per heavy atom. The molecule has 1 unspecified atom stereocenters. The lowest BCUT2D eigenvalue weighted by molar-refractivity contribution is 0.122. The molecule has 1 aromatic rings. The minimum Gasteiger partial charge on any atom is -0.392 e. The first-order chi connectivity index (χ1) is 7.36. The summed E-state index contributed by atoms with van der Waals surface area (Å²) in [6.07, 6.45) is 8.45. The van der Waals surface area contributed by atoms with Crippen molar-refractivity contribution in [3.05, 3.63) is 48.0 Å². The molecule has 1 N–H and O–H groups in total. The first-order valence-electron chi connectivity index (χ1n) is 5.75. The summed E-state index contributed by atoms with van der Waals surface area (Å²) in [4.78, 5) is 0. The van der Waals surface area contributed by atoms with Gasteiger partial charge in [0.2, 0.25) is 0 Å². The molecule has 0 fully saturated rings. The van der Waals surface area contributed by atoms with Gasteiger partial charge in [0.25, 0.3) is 0 Å². The Labute approximate surface area is 91.4 Å². The Balaban J connectivity index is 1.94. The summed E-state index contributed by atoms with van der Waals surface area (Å²) < 4.78 is 0. The second-order valence-corrected chi connectivity index (χ2v) is 4.28. The summed E-state index contributed by atoms with van der Waals surface area (Å²) in [6, 6.07) is 10.2. The normalized spacial score (nSPS) is 22.6. The van der Waals surface area contributed by atoms with E-state index in [0.29, 0.717) is 5.92 Å². The molecule has 0 spiro atoms. The lowest BCUT2D eigenvalue weighted by atomic mass is 9.88. The molecule has 0 saturated carbocycles. The lowest BCUT2D eigenvalue weighted by Gasteiger charge is -2.22. The highest BCUT2D eigenvalue weighted by molar-refractivity contribution is 5.16. The Morgan fingerprint density at radius 1 is 1.27 bits per heavy atom. The van der Waals surface area contributed by atoms with Crippen LogP contribution >= 0.6 is 0 Å². The van der Waals surface area contributed by atoms with Gasteiger partial charge >= 0.3 is 0 Å². The Morgan fingerprint density at radius 2 is 2.07 bits per heavy atom. The van der Waals surface area contributed by atoms with E-state index >= 15 is 0 Å². The maximum Gasteiger partial charge on any atom is 0.0643 e. The predicted molar refractivity (Wildman–Crippen MR) is 62.6 cm³/mol. The van der Waals surface area contributed by atoms with Crippen molar-refractivity contribution in [3.8, 4) is 0 Å². The van der Waals surface area contributed by atoms with E-state index in [2.05, 4.69) is 24.3 Å². The third-order valence-corrected chi connectivity index (χ3v) is 3.07. The van der Waals surface area contributed by atoms with Gasteiger partial charge in [-0.05, 0) is 31.2 Å². The highest BCUT2D eigenvalue weighted by Gasteiger charge is 2.18. The smallest absolute Gasteiger partial charge is 0.0643 e. The third kappa shape index (κ3) is 2.93. The lowest BCUT2D eigenvalue weighted by Crippen LogP contribution is -2.22. The second kappa shape index (κ2) is 5.13. The van der Waals surface area contributed by atoms with Gasteiger partial charge in [-0.25, -0.2) is 0 Å². The molecule has 1 aliphatic carbocycles. The fourth-order valence-corrected chi connectivity index (χ4v) is 2.17. The molecule has 2 atom stereocenters. The van der Waals surface area contributed by atoms with Crippen LogP contribution in [-0.4, -0.2) is 11.2 Å². The molecular weight excluding hydrogens is 184 g/mol. The molecule has 0 bridgehead atoms. The van der Waals surface area contributed by atoms with Crippen molar-refractivity contribution in [2.45, 2.75) is 31.8 Å². The fourth-order valence-electron chi connectivity index (χ4n) is 2.17. The summed E-state index contributed by atoms with van der Waals surface area (Å²) in [6.45, 7) is 0. The molecule has 0 aliphatic heterocycles. The van der Waals surface area contributed by atoms with E-state index < -0.39 is 0 Å². The van der Waals surface area contributed by atoms with Crippen LogP contribution in [0.3, 0.4) is 0 Å². The molecular formula is C14H18O. The molecule has 15 heavy (non-hydrogen) atoms. The maximum absolute atomic E-state index is 10.1. The number of aliphatic hydroxyl groups excluding tert-OH is 1. The van der Waals surface area contributed by atoms with Crippen LogP contribution in [0.25, 0.3) is 0 Å². The van der Waals surface area contributed by atoms with E-state index in [1.54, 1.807) is 0 Å². The van der Waals surface area contributed by atoms with E-state index in [9.17, 15) is 5.11 Å². The van der Waals surface area contributed by atoms with Gasteiger partial charge in [-0.1, -0.05) is 42.5 Å². The first kappa shape index (κ1) is 10.4.